The molecule has 1 saturated heterocycles. The average molecular weight is 345 g/mol. The van der Waals surface area contributed by atoms with E-state index < -0.39 is 5.60 Å². The Balaban J connectivity index is 1.78. The second-order valence-corrected chi connectivity index (χ2v) is 9.85. The van der Waals surface area contributed by atoms with E-state index >= 15 is 0 Å². The van der Waals surface area contributed by atoms with E-state index in [1.165, 1.54) is 0 Å². The first-order valence-corrected chi connectivity index (χ1v) is 9.83. The Hall–Kier alpha value is -1.16. The Morgan fingerprint density at radius 2 is 2.00 bits per heavy atom. The molecule has 2 saturated carbocycles. The van der Waals surface area contributed by atoms with Crippen molar-refractivity contribution in [2.45, 2.75) is 71.8 Å². The number of allylic oxidation sites excluding steroid dienone is 2. The van der Waals surface area contributed by atoms with E-state index in [9.17, 15) is 14.7 Å². The van der Waals surface area contributed by atoms with Crippen LogP contribution in [0.15, 0.2) is 11.8 Å². The first-order chi connectivity index (χ1) is 11.6. The first kappa shape index (κ1) is 17.3. The van der Waals surface area contributed by atoms with Gasteiger partial charge in [-0.1, -0.05) is 19.9 Å². The molecule has 1 heterocycles. The van der Waals surface area contributed by atoms with Crippen LogP contribution in [-0.2, 0) is 9.59 Å². The number of hydrogen-bond acceptors (Lipinski definition) is 3. The van der Waals surface area contributed by atoms with Gasteiger partial charge in [-0.25, -0.2) is 0 Å². The monoisotopic (exact) mass is 345 g/mol. The van der Waals surface area contributed by atoms with Gasteiger partial charge in [-0.15, -0.1) is 0 Å². The number of amides is 1. The standard InChI is InChI=1S/C21H31NO3/c1-12(23)14-6-7-15-13-5-8-16-19(2,10-9-17(24)22-16)18(13)21(4,25)11-20(14,15)3/h8,13-15,18,25H,5-7,9-11H2,1-4H3,(H,22,24). The van der Waals surface area contributed by atoms with Crippen LogP contribution in [0.1, 0.15) is 66.2 Å². The van der Waals surface area contributed by atoms with E-state index in [-0.39, 0.29) is 34.4 Å². The highest BCUT2D eigenvalue weighted by Gasteiger charge is 2.65. The molecule has 0 radical (unpaired) electrons. The zero-order chi connectivity index (χ0) is 18.2. The van der Waals surface area contributed by atoms with Gasteiger partial charge < -0.3 is 10.4 Å². The number of carbonyl (C=O) groups is 2. The topological polar surface area (TPSA) is 66.4 Å². The summed E-state index contributed by atoms with van der Waals surface area (Å²) in [6.07, 6.45) is 7.18. The third kappa shape index (κ3) is 2.22. The second kappa shape index (κ2) is 5.18. The molecule has 0 aromatic carbocycles. The molecule has 7 unspecified atom stereocenters. The van der Waals surface area contributed by atoms with Crippen molar-refractivity contribution in [2.24, 2.45) is 34.5 Å². The fourth-order valence-electron chi connectivity index (χ4n) is 7.65. The molecule has 0 bridgehead atoms. The molecular formula is C21H31NO3. The van der Waals surface area contributed by atoms with E-state index in [0.717, 1.165) is 31.4 Å². The van der Waals surface area contributed by atoms with Gasteiger partial charge >= 0.3 is 0 Å². The highest BCUT2D eigenvalue weighted by molar-refractivity contribution is 5.80. The van der Waals surface area contributed by atoms with E-state index in [1.807, 2.05) is 6.92 Å². The van der Waals surface area contributed by atoms with Crippen molar-refractivity contribution < 1.29 is 14.7 Å². The van der Waals surface area contributed by atoms with E-state index in [2.05, 4.69) is 25.2 Å². The van der Waals surface area contributed by atoms with Gasteiger partial charge in [0.25, 0.3) is 0 Å². The molecule has 4 rings (SSSR count). The Morgan fingerprint density at radius 3 is 2.68 bits per heavy atom. The number of carbonyl (C=O) groups excluding carboxylic acids is 2. The van der Waals surface area contributed by atoms with Crippen LogP contribution < -0.4 is 5.32 Å². The summed E-state index contributed by atoms with van der Waals surface area (Å²) in [7, 11) is 0. The summed E-state index contributed by atoms with van der Waals surface area (Å²) in [5.74, 6) is 1.47. The fraction of sp³-hybridized carbons (Fsp3) is 0.810. The SMILES string of the molecule is CC(=O)C1CCC2C3CC=C4NC(=O)CCC4(C)C3C(C)(O)CC12C. The van der Waals surface area contributed by atoms with Gasteiger partial charge in [0.05, 0.1) is 5.60 Å². The number of piperidine rings is 1. The molecule has 4 aliphatic rings. The van der Waals surface area contributed by atoms with Crippen molar-refractivity contribution >= 4 is 11.7 Å². The third-order valence-electron chi connectivity index (χ3n) is 8.30. The minimum absolute atomic E-state index is 0.0779. The number of aliphatic hydroxyl groups is 1. The zero-order valence-corrected chi connectivity index (χ0v) is 15.9. The van der Waals surface area contributed by atoms with Crippen molar-refractivity contribution in [3.63, 3.8) is 0 Å². The van der Waals surface area contributed by atoms with Crippen LogP contribution in [0.3, 0.4) is 0 Å². The van der Waals surface area contributed by atoms with Crippen LogP contribution in [0, 0.1) is 34.5 Å². The summed E-state index contributed by atoms with van der Waals surface area (Å²) >= 11 is 0. The number of hydrogen-bond donors (Lipinski definition) is 2. The maximum atomic E-state index is 12.3. The van der Waals surface area contributed by atoms with Gasteiger partial charge in [-0.2, -0.15) is 0 Å². The zero-order valence-electron chi connectivity index (χ0n) is 15.9. The highest BCUT2D eigenvalue weighted by Crippen LogP contribution is 2.67. The number of rotatable bonds is 1. The van der Waals surface area contributed by atoms with Crippen molar-refractivity contribution in [3.8, 4) is 0 Å². The molecule has 138 valence electrons. The van der Waals surface area contributed by atoms with Crippen molar-refractivity contribution in [3.05, 3.63) is 11.8 Å². The molecule has 7 atom stereocenters. The lowest BCUT2D eigenvalue weighted by atomic mass is 9.44. The smallest absolute Gasteiger partial charge is 0.224 e. The van der Waals surface area contributed by atoms with Gasteiger partial charge in [-0.05, 0) is 63.2 Å². The molecule has 1 aliphatic heterocycles. The number of Topliss-reactive ketones (excluding diaryl/α,β-unsaturated/α-hetero) is 1. The van der Waals surface area contributed by atoms with Gasteiger partial charge in [0, 0.05) is 29.4 Å². The lowest BCUT2D eigenvalue weighted by molar-refractivity contribution is -0.180. The molecule has 4 heteroatoms. The van der Waals surface area contributed by atoms with Crippen LogP contribution in [0.25, 0.3) is 0 Å². The van der Waals surface area contributed by atoms with E-state index in [0.29, 0.717) is 24.7 Å². The largest absolute Gasteiger partial charge is 0.390 e. The molecule has 25 heavy (non-hydrogen) atoms. The van der Waals surface area contributed by atoms with Gasteiger partial charge in [0.15, 0.2) is 0 Å². The second-order valence-electron chi connectivity index (χ2n) is 9.85. The molecule has 0 spiro atoms. The minimum Gasteiger partial charge on any atom is -0.390 e. The average Bonchev–Trinajstić information content (AvgIpc) is 2.83. The first-order valence-electron chi connectivity index (χ1n) is 9.83. The lowest BCUT2D eigenvalue weighted by Gasteiger charge is -2.62. The van der Waals surface area contributed by atoms with E-state index in [4.69, 9.17) is 0 Å². The number of nitrogens with one attached hydrogen (secondary N) is 1. The maximum Gasteiger partial charge on any atom is 0.224 e. The van der Waals surface area contributed by atoms with Gasteiger partial charge in [-0.3, -0.25) is 9.59 Å². The quantitative estimate of drug-likeness (QED) is 0.767. The predicted octanol–water partition coefficient (Wildman–Crippen LogP) is 3.20. The van der Waals surface area contributed by atoms with Crippen molar-refractivity contribution in [2.75, 3.05) is 0 Å². The van der Waals surface area contributed by atoms with Gasteiger partial charge in [0.2, 0.25) is 5.91 Å². The molecule has 3 fully saturated rings. The molecule has 0 aromatic rings. The summed E-state index contributed by atoms with van der Waals surface area (Å²) < 4.78 is 0. The van der Waals surface area contributed by atoms with Crippen LogP contribution in [-0.4, -0.2) is 22.4 Å². The molecule has 4 nitrogen and oxygen atoms in total. The highest BCUT2D eigenvalue weighted by atomic mass is 16.3. The van der Waals surface area contributed by atoms with Gasteiger partial charge in [0.1, 0.15) is 5.78 Å². The third-order valence-corrected chi connectivity index (χ3v) is 8.30. The number of ketones is 1. The van der Waals surface area contributed by atoms with Crippen molar-refractivity contribution in [1.82, 2.24) is 5.32 Å². The predicted molar refractivity (Wildman–Crippen MR) is 95.4 cm³/mol. The van der Waals surface area contributed by atoms with Crippen LogP contribution in [0.5, 0.6) is 0 Å². The summed E-state index contributed by atoms with van der Waals surface area (Å²) in [5, 5.41) is 14.7. The summed E-state index contributed by atoms with van der Waals surface area (Å²) in [6, 6.07) is 0. The van der Waals surface area contributed by atoms with Crippen LogP contribution in [0.4, 0.5) is 0 Å². The Labute approximate surface area is 150 Å². The van der Waals surface area contributed by atoms with Crippen LogP contribution >= 0.6 is 0 Å². The van der Waals surface area contributed by atoms with Crippen molar-refractivity contribution in [1.29, 1.82) is 0 Å². The summed E-state index contributed by atoms with van der Waals surface area (Å²) in [6.45, 7) is 8.16. The van der Waals surface area contributed by atoms with Crippen LogP contribution in [0.2, 0.25) is 0 Å². The minimum atomic E-state index is -0.815. The Kier molecular flexibility index (Phi) is 3.58. The van der Waals surface area contributed by atoms with E-state index in [1.54, 1.807) is 6.92 Å². The molecule has 3 aliphatic carbocycles. The normalized spacial score (nSPS) is 51.7. The molecule has 2 N–H and O–H groups in total. The number of fused-ring (bicyclic) bond motifs is 5. The Morgan fingerprint density at radius 1 is 1.28 bits per heavy atom. The Bertz CT molecular complexity index is 666. The maximum absolute atomic E-state index is 12.3. The summed E-state index contributed by atoms with van der Waals surface area (Å²) in [5.41, 5.74) is -0.0638. The molecular weight excluding hydrogens is 314 g/mol. The molecule has 0 aromatic heterocycles. The summed E-state index contributed by atoms with van der Waals surface area (Å²) in [4.78, 5) is 24.1. The lowest BCUT2D eigenvalue weighted by Crippen LogP contribution is -2.63. The molecule has 1 amide bonds. The fourth-order valence-corrected chi connectivity index (χ4v) is 7.65.